The van der Waals surface area contributed by atoms with Gasteiger partial charge in [-0.1, -0.05) is 19.3 Å². The number of hydrogen-bond acceptors (Lipinski definition) is 3. The molecule has 2 unspecified atom stereocenters. The van der Waals surface area contributed by atoms with E-state index in [1.54, 1.807) is 12.5 Å². The summed E-state index contributed by atoms with van der Waals surface area (Å²) in [6.07, 6.45) is 11.7. The van der Waals surface area contributed by atoms with Crippen molar-refractivity contribution in [1.82, 2.24) is 4.90 Å². The maximum Gasteiger partial charge on any atom is 0.227 e. The molecule has 2 heterocycles. The molecular formula is C18H25NO3. The van der Waals surface area contributed by atoms with Gasteiger partial charge in [-0.2, -0.15) is 0 Å². The lowest BCUT2D eigenvalue weighted by Gasteiger charge is -2.37. The van der Waals surface area contributed by atoms with Crippen LogP contribution in [0.1, 0.15) is 56.9 Å². The van der Waals surface area contributed by atoms with E-state index in [0.717, 1.165) is 57.1 Å². The van der Waals surface area contributed by atoms with Crippen molar-refractivity contribution in [2.45, 2.75) is 63.8 Å². The van der Waals surface area contributed by atoms with Gasteiger partial charge in [0.2, 0.25) is 5.91 Å². The Morgan fingerprint density at radius 1 is 1.18 bits per heavy atom. The Bertz CT molecular complexity index is 508. The van der Waals surface area contributed by atoms with Gasteiger partial charge in [-0.25, -0.2) is 0 Å². The standard InChI is InChI=1S/C18H25NO3/c20-17-8-4-3-6-15(17)16-7-2-1-5-10-19(16)18(21)12-14-9-11-22-13-14/h9,11,13,15-16H,1-8,10,12H2. The second-order valence-corrected chi connectivity index (χ2v) is 6.63. The van der Waals surface area contributed by atoms with Crippen LogP contribution < -0.4 is 0 Å². The average Bonchev–Trinajstić information content (AvgIpc) is 2.90. The highest BCUT2D eigenvalue weighted by Gasteiger charge is 2.36. The fourth-order valence-electron chi connectivity index (χ4n) is 3.95. The minimum Gasteiger partial charge on any atom is -0.472 e. The number of furan rings is 1. The fourth-order valence-corrected chi connectivity index (χ4v) is 3.95. The lowest BCUT2D eigenvalue weighted by atomic mass is 9.80. The summed E-state index contributed by atoms with van der Waals surface area (Å²) in [5, 5.41) is 0. The number of hydrogen-bond donors (Lipinski definition) is 0. The van der Waals surface area contributed by atoms with Crippen LogP contribution in [0.2, 0.25) is 0 Å². The monoisotopic (exact) mass is 303 g/mol. The van der Waals surface area contributed by atoms with E-state index in [-0.39, 0.29) is 17.9 Å². The molecule has 2 aliphatic rings. The molecule has 3 rings (SSSR count). The lowest BCUT2D eigenvalue weighted by Crippen LogP contribution is -2.47. The highest BCUT2D eigenvalue weighted by molar-refractivity contribution is 5.84. The van der Waals surface area contributed by atoms with Crippen molar-refractivity contribution < 1.29 is 14.0 Å². The summed E-state index contributed by atoms with van der Waals surface area (Å²) in [5.74, 6) is 0.589. The van der Waals surface area contributed by atoms with Gasteiger partial charge in [0.05, 0.1) is 18.9 Å². The normalized spacial score (nSPS) is 26.7. The fraction of sp³-hybridized carbons (Fsp3) is 0.667. The summed E-state index contributed by atoms with van der Waals surface area (Å²) in [4.78, 5) is 27.1. The minimum absolute atomic E-state index is 0.0696. The van der Waals surface area contributed by atoms with Crippen molar-refractivity contribution in [1.29, 1.82) is 0 Å². The molecule has 1 saturated carbocycles. The SMILES string of the molecule is O=C1CCCCC1C1CCCCCN1C(=O)Cc1ccoc1. The van der Waals surface area contributed by atoms with Gasteiger partial charge in [-0.05, 0) is 37.3 Å². The molecule has 2 atom stereocenters. The van der Waals surface area contributed by atoms with E-state index in [9.17, 15) is 9.59 Å². The highest BCUT2D eigenvalue weighted by Crippen LogP contribution is 2.31. The molecule has 120 valence electrons. The number of nitrogens with zero attached hydrogens (tertiary/aromatic N) is 1. The van der Waals surface area contributed by atoms with Gasteiger partial charge in [-0.3, -0.25) is 9.59 Å². The third-order valence-corrected chi connectivity index (χ3v) is 5.12. The molecule has 1 saturated heterocycles. The summed E-state index contributed by atoms with van der Waals surface area (Å²) in [6.45, 7) is 0.797. The number of amides is 1. The van der Waals surface area contributed by atoms with Crippen LogP contribution in [0.3, 0.4) is 0 Å². The summed E-state index contributed by atoms with van der Waals surface area (Å²) in [5.41, 5.74) is 0.919. The number of carbonyl (C=O) groups excluding carboxylic acids is 2. The average molecular weight is 303 g/mol. The third kappa shape index (κ3) is 3.42. The minimum atomic E-state index is 0.0696. The summed E-state index contributed by atoms with van der Waals surface area (Å²) in [7, 11) is 0. The number of carbonyl (C=O) groups is 2. The second kappa shape index (κ2) is 7.12. The Hall–Kier alpha value is -1.58. The topological polar surface area (TPSA) is 50.5 Å². The summed E-state index contributed by atoms with van der Waals surface area (Å²) in [6, 6.07) is 1.96. The van der Waals surface area contributed by atoms with Gasteiger partial charge in [0.25, 0.3) is 0 Å². The van der Waals surface area contributed by atoms with Crippen LogP contribution in [0.5, 0.6) is 0 Å². The van der Waals surface area contributed by atoms with E-state index in [1.165, 1.54) is 0 Å². The molecule has 1 aromatic heterocycles. The number of Topliss-reactive ketones (excluding diaryl/α,β-unsaturated/α-hetero) is 1. The van der Waals surface area contributed by atoms with Gasteiger partial charge < -0.3 is 9.32 Å². The molecule has 0 radical (unpaired) electrons. The zero-order valence-electron chi connectivity index (χ0n) is 13.1. The van der Waals surface area contributed by atoms with E-state index in [4.69, 9.17) is 4.42 Å². The van der Waals surface area contributed by atoms with Gasteiger partial charge in [-0.15, -0.1) is 0 Å². The van der Waals surface area contributed by atoms with Crippen LogP contribution in [-0.2, 0) is 16.0 Å². The molecule has 0 spiro atoms. The quantitative estimate of drug-likeness (QED) is 0.860. The first kappa shape index (κ1) is 15.3. The van der Waals surface area contributed by atoms with Crippen molar-refractivity contribution in [2.24, 2.45) is 5.92 Å². The van der Waals surface area contributed by atoms with Crippen molar-refractivity contribution >= 4 is 11.7 Å². The number of likely N-dealkylation sites (tertiary alicyclic amines) is 1. The van der Waals surface area contributed by atoms with Crippen molar-refractivity contribution in [3.63, 3.8) is 0 Å². The van der Waals surface area contributed by atoms with Gasteiger partial charge in [0, 0.05) is 24.9 Å². The molecule has 2 fully saturated rings. The molecule has 1 aliphatic heterocycles. The smallest absolute Gasteiger partial charge is 0.227 e. The van der Waals surface area contributed by atoms with Gasteiger partial charge >= 0.3 is 0 Å². The molecule has 1 amide bonds. The van der Waals surface area contributed by atoms with E-state index in [0.29, 0.717) is 18.6 Å². The lowest BCUT2D eigenvalue weighted by molar-refractivity contribution is -0.137. The zero-order chi connectivity index (χ0) is 15.4. The molecule has 0 aromatic carbocycles. The van der Waals surface area contributed by atoms with Crippen LogP contribution >= 0.6 is 0 Å². The molecule has 4 nitrogen and oxygen atoms in total. The zero-order valence-corrected chi connectivity index (χ0v) is 13.1. The van der Waals surface area contributed by atoms with Crippen LogP contribution in [0.25, 0.3) is 0 Å². The Kier molecular flexibility index (Phi) is 4.96. The van der Waals surface area contributed by atoms with Crippen molar-refractivity contribution in [3.8, 4) is 0 Å². The summed E-state index contributed by atoms with van der Waals surface area (Å²) < 4.78 is 5.06. The van der Waals surface area contributed by atoms with E-state index in [1.807, 2.05) is 11.0 Å². The first-order chi connectivity index (χ1) is 10.8. The second-order valence-electron chi connectivity index (χ2n) is 6.63. The molecule has 22 heavy (non-hydrogen) atoms. The number of rotatable bonds is 3. The maximum absolute atomic E-state index is 12.8. The highest BCUT2D eigenvalue weighted by atomic mass is 16.3. The van der Waals surface area contributed by atoms with E-state index < -0.39 is 0 Å². The predicted molar refractivity (Wildman–Crippen MR) is 83.3 cm³/mol. The van der Waals surface area contributed by atoms with Gasteiger partial charge in [0.15, 0.2) is 0 Å². The first-order valence-corrected chi connectivity index (χ1v) is 8.59. The van der Waals surface area contributed by atoms with Gasteiger partial charge in [0.1, 0.15) is 5.78 Å². The van der Waals surface area contributed by atoms with E-state index >= 15 is 0 Å². The largest absolute Gasteiger partial charge is 0.472 e. The van der Waals surface area contributed by atoms with Crippen LogP contribution in [0.4, 0.5) is 0 Å². The Balaban J connectivity index is 1.75. The molecule has 4 heteroatoms. The first-order valence-electron chi connectivity index (χ1n) is 8.59. The van der Waals surface area contributed by atoms with Crippen molar-refractivity contribution in [2.75, 3.05) is 6.54 Å². The van der Waals surface area contributed by atoms with E-state index in [2.05, 4.69) is 0 Å². The molecule has 0 bridgehead atoms. The summed E-state index contributed by atoms with van der Waals surface area (Å²) >= 11 is 0. The number of ketones is 1. The Morgan fingerprint density at radius 2 is 2.05 bits per heavy atom. The van der Waals surface area contributed by atoms with Crippen LogP contribution in [0.15, 0.2) is 23.0 Å². The third-order valence-electron chi connectivity index (χ3n) is 5.12. The van der Waals surface area contributed by atoms with Crippen LogP contribution in [-0.4, -0.2) is 29.2 Å². The predicted octanol–water partition coefficient (Wildman–Crippen LogP) is 3.35. The maximum atomic E-state index is 12.8. The van der Waals surface area contributed by atoms with Crippen LogP contribution in [0, 0.1) is 5.92 Å². The molecular weight excluding hydrogens is 278 g/mol. The Morgan fingerprint density at radius 3 is 2.82 bits per heavy atom. The Labute approximate surface area is 131 Å². The molecule has 1 aliphatic carbocycles. The van der Waals surface area contributed by atoms with Crippen molar-refractivity contribution in [3.05, 3.63) is 24.2 Å². The molecule has 0 N–H and O–H groups in total. The molecule has 1 aromatic rings.